The second-order valence-corrected chi connectivity index (χ2v) is 5.62. The largest absolute Gasteiger partial charge is 0.376 e. The molecule has 0 saturated carbocycles. The minimum absolute atomic E-state index is 0.0556. The minimum Gasteiger partial charge on any atom is -0.376 e. The lowest BCUT2D eigenvalue weighted by Crippen LogP contribution is -2.29. The van der Waals surface area contributed by atoms with Gasteiger partial charge in [0.05, 0.1) is 6.54 Å². The van der Waals surface area contributed by atoms with Crippen molar-refractivity contribution in [2.24, 2.45) is 0 Å². The third-order valence-electron chi connectivity index (χ3n) is 2.68. The summed E-state index contributed by atoms with van der Waals surface area (Å²) in [5.41, 5.74) is 1.92. The van der Waals surface area contributed by atoms with E-state index in [4.69, 9.17) is 11.6 Å². The van der Waals surface area contributed by atoms with Gasteiger partial charge in [0.2, 0.25) is 5.91 Å². The zero-order chi connectivity index (χ0) is 14.4. The summed E-state index contributed by atoms with van der Waals surface area (Å²) < 4.78 is 0.976. The van der Waals surface area contributed by atoms with Gasteiger partial charge in [0, 0.05) is 21.7 Å². The van der Waals surface area contributed by atoms with Crippen LogP contribution < -0.4 is 10.6 Å². The first-order chi connectivity index (χ1) is 9.63. The Kier molecular flexibility index (Phi) is 5.44. The van der Waals surface area contributed by atoms with E-state index in [9.17, 15) is 4.79 Å². The molecule has 2 rings (SSSR count). The first-order valence-electron chi connectivity index (χ1n) is 6.14. The molecule has 0 fully saturated rings. The van der Waals surface area contributed by atoms with E-state index in [2.05, 4.69) is 26.6 Å². The van der Waals surface area contributed by atoms with E-state index in [1.165, 1.54) is 0 Å². The van der Waals surface area contributed by atoms with E-state index in [1.807, 2.05) is 48.5 Å². The molecule has 5 heteroatoms. The summed E-state index contributed by atoms with van der Waals surface area (Å²) >= 11 is 9.19. The Morgan fingerprint density at radius 3 is 2.60 bits per heavy atom. The molecule has 2 aromatic rings. The molecule has 2 N–H and O–H groups in total. The maximum absolute atomic E-state index is 11.7. The molecule has 20 heavy (non-hydrogen) atoms. The van der Waals surface area contributed by atoms with E-state index in [-0.39, 0.29) is 12.5 Å². The summed E-state index contributed by atoms with van der Waals surface area (Å²) in [7, 11) is 0. The molecular weight excluding hydrogens is 340 g/mol. The molecule has 0 saturated heterocycles. The lowest BCUT2D eigenvalue weighted by atomic mass is 10.2. The fourth-order valence-corrected chi connectivity index (χ4v) is 2.17. The maximum Gasteiger partial charge on any atom is 0.239 e. The normalized spacial score (nSPS) is 10.1. The number of carbonyl (C=O) groups excluding carboxylic acids is 1. The van der Waals surface area contributed by atoms with Gasteiger partial charge in [-0.2, -0.15) is 0 Å². The van der Waals surface area contributed by atoms with Gasteiger partial charge in [0.15, 0.2) is 0 Å². The molecule has 0 heterocycles. The highest BCUT2D eigenvalue weighted by atomic mass is 79.9. The highest BCUT2D eigenvalue weighted by molar-refractivity contribution is 9.10. The average molecular weight is 354 g/mol. The van der Waals surface area contributed by atoms with Crippen LogP contribution in [0.3, 0.4) is 0 Å². The van der Waals surface area contributed by atoms with Crippen LogP contribution in [-0.4, -0.2) is 12.5 Å². The van der Waals surface area contributed by atoms with Gasteiger partial charge in [-0.3, -0.25) is 4.79 Å². The summed E-state index contributed by atoms with van der Waals surface area (Å²) in [5.74, 6) is -0.0556. The van der Waals surface area contributed by atoms with Gasteiger partial charge in [0.25, 0.3) is 0 Å². The van der Waals surface area contributed by atoms with Gasteiger partial charge in [-0.25, -0.2) is 0 Å². The Hall–Kier alpha value is -1.52. The summed E-state index contributed by atoms with van der Waals surface area (Å²) in [6, 6.07) is 15.1. The lowest BCUT2D eigenvalue weighted by Gasteiger charge is -2.08. The van der Waals surface area contributed by atoms with Crippen molar-refractivity contribution in [1.82, 2.24) is 5.32 Å². The first kappa shape index (κ1) is 14.9. The molecule has 0 bridgehead atoms. The fraction of sp³-hybridized carbons (Fsp3) is 0.133. The van der Waals surface area contributed by atoms with Gasteiger partial charge >= 0.3 is 0 Å². The van der Waals surface area contributed by atoms with Gasteiger partial charge in [-0.15, -0.1) is 0 Å². The minimum atomic E-state index is -0.0556. The maximum atomic E-state index is 11.7. The van der Waals surface area contributed by atoms with Crippen LogP contribution in [0.5, 0.6) is 0 Å². The Bertz CT molecular complexity index is 587. The fourth-order valence-electron chi connectivity index (χ4n) is 1.65. The summed E-state index contributed by atoms with van der Waals surface area (Å²) in [6.07, 6.45) is 0. The van der Waals surface area contributed by atoms with Gasteiger partial charge < -0.3 is 10.6 Å². The number of anilines is 1. The number of carbonyl (C=O) groups is 1. The monoisotopic (exact) mass is 352 g/mol. The molecule has 0 aliphatic carbocycles. The highest BCUT2D eigenvalue weighted by Crippen LogP contribution is 2.15. The molecule has 0 spiro atoms. The number of halogens is 2. The SMILES string of the molecule is O=C(CNc1cccc(Br)c1)NCc1ccc(Cl)cc1. The molecule has 2 aromatic carbocycles. The van der Waals surface area contributed by atoms with Crippen molar-refractivity contribution < 1.29 is 4.79 Å². The Morgan fingerprint density at radius 1 is 1.15 bits per heavy atom. The predicted molar refractivity (Wildman–Crippen MR) is 85.9 cm³/mol. The molecule has 0 aliphatic rings. The van der Waals surface area contributed by atoms with Gasteiger partial charge in [0.1, 0.15) is 0 Å². The average Bonchev–Trinajstić information content (AvgIpc) is 2.45. The predicted octanol–water partition coefficient (Wildman–Crippen LogP) is 3.83. The Labute approximate surface area is 131 Å². The number of hydrogen-bond acceptors (Lipinski definition) is 2. The van der Waals surface area contributed by atoms with Crippen LogP contribution in [0.25, 0.3) is 0 Å². The molecule has 0 aromatic heterocycles. The third kappa shape index (κ3) is 4.87. The molecule has 0 aliphatic heterocycles. The zero-order valence-electron chi connectivity index (χ0n) is 10.7. The van der Waals surface area contributed by atoms with Crippen LogP contribution in [0.4, 0.5) is 5.69 Å². The van der Waals surface area contributed by atoms with Crippen molar-refractivity contribution in [2.75, 3.05) is 11.9 Å². The lowest BCUT2D eigenvalue weighted by molar-refractivity contribution is -0.119. The van der Waals surface area contributed by atoms with Gasteiger partial charge in [-0.1, -0.05) is 45.7 Å². The van der Waals surface area contributed by atoms with Crippen molar-refractivity contribution in [1.29, 1.82) is 0 Å². The standard InChI is InChI=1S/C15H14BrClN2O/c16-12-2-1-3-14(8-12)18-10-15(20)19-9-11-4-6-13(17)7-5-11/h1-8,18H,9-10H2,(H,19,20). The molecule has 0 unspecified atom stereocenters. The van der Waals surface area contributed by atoms with Crippen LogP contribution in [-0.2, 0) is 11.3 Å². The van der Waals surface area contributed by atoms with Crippen LogP contribution in [0.1, 0.15) is 5.56 Å². The summed E-state index contributed by atoms with van der Waals surface area (Å²) in [5, 5.41) is 6.61. The molecule has 0 atom stereocenters. The smallest absolute Gasteiger partial charge is 0.239 e. The second kappa shape index (κ2) is 7.31. The van der Waals surface area contributed by atoms with Crippen LogP contribution >= 0.6 is 27.5 Å². The number of rotatable bonds is 5. The number of benzene rings is 2. The number of nitrogens with one attached hydrogen (secondary N) is 2. The third-order valence-corrected chi connectivity index (χ3v) is 3.43. The summed E-state index contributed by atoms with van der Waals surface area (Å²) in [6.45, 7) is 0.736. The van der Waals surface area contributed by atoms with E-state index in [0.717, 1.165) is 15.7 Å². The number of hydrogen-bond donors (Lipinski definition) is 2. The van der Waals surface area contributed by atoms with Crippen molar-refractivity contribution >= 4 is 39.1 Å². The quantitative estimate of drug-likeness (QED) is 0.857. The van der Waals surface area contributed by atoms with Crippen molar-refractivity contribution in [2.45, 2.75) is 6.54 Å². The molecule has 1 amide bonds. The zero-order valence-corrected chi connectivity index (χ0v) is 13.0. The number of amides is 1. The van der Waals surface area contributed by atoms with E-state index >= 15 is 0 Å². The van der Waals surface area contributed by atoms with Crippen molar-refractivity contribution in [3.63, 3.8) is 0 Å². The van der Waals surface area contributed by atoms with Crippen molar-refractivity contribution in [3.05, 3.63) is 63.6 Å². The first-order valence-corrected chi connectivity index (χ1v) is 7.31. The molecule has 104 valence electrons. The molecular formula is C15H14BrClN2O. The topological polar surface area (TPSA) is 41.1 Å². The van der Waals surface area contributed by atoms with Crippen LogP contribution in [0.15, 0.2) is 53.0 Å². The molecule has 3 nitrogen and oxygen atoms in total. The Morgan fingerprint density at radius 2 is 1.90 bits per heavy atom. The highest BCUT2D eigenvalue weighted by Gasteiger charge is 2.01. The van der Waals surface area contributed by atoms with Crippen LogP contribution in [0, 0.1) is 0 Å². The van der Waals surface area contributed by atoms with E-state index in [1.54, 1.807) is 0 Å². The van der Waals surface area contributed by atoms with E-state index in [0.29, 0.717) is 11.6 Å². The van der Waals surface area contributed by atoms with Gasteiger partial charge in [-0.05, 0) is 35.9 Å². The molecule has 0 radical (unpaired) electrons. The summed E-state index contributed by atoms with van der Waals surface area (Å²) in [4.78, 5) is 11.7. The Balaban J connectivity index is 1.77. The van der Waals surface area contributed by atoms with E-state index < -0.39 is 0 Å². The van der Waals surface area contributed by atoms with Crippen LogP contribution in [0.2, 0.25) is 5.02 Å². The second-order valence-electron chi connectivity index (χ2n) is 4.27. The van der Waals surface area contributed by atoms with Crippen molar-refractivity contribution in [3.8, 4) is 0 Å².